The van der Waals surface area contributed by atoms with E-state index in [4.69, 9.17) is 5.11 Å². The number of carbonyl (C=O) groups is 2. The van der Waals surface area contributed by atoms with Crippen LogP contribution in [-0.4, -0.2) is 69.9 Å². The zero-order valence-corrected chi connectivity index (χ0v) is 10.7. The van der Waals surface area contributed by atoms with Crippen LogP contribution in [0.4, 0.5) is 9.41 Å². The summed E-state index contributed by atoms with van der Waals surface area (Å²) in [5.74, 6) is -1.04. The van der Waals surface area contributed by atoms with Gasteiger partial charge < -0.3 is 5.11 Å². The first kappa shape index (κ1) is 28.2. The van der Waals surface area contributed by atoms with Gasteiger partial charge in [0.15, 0.2) is 17.4 Å². The van der Waals surface area contributed by atoms with Gasteiger partial charge in [0.25, 0.3) is 11.9 Å². The van der Waals surface area contributed by atoms with Crippen LogP contribution in [0.5, 0.6) is 0 Å². The van der Waals surface area contributed by atoms with Crippen LogP contribution in [0.1, 0.15) is 40.0 Å². The third-order valence-corrected chi connectivity index (χ3v) is 3.34. The number of amidine groups is 1. The maximum absolute atomic E-state index is 11.9. The van der Waals surface area contributed by atoms with E-state index >= 15 is 0 Å². The van der Waals surface area contributed by atoms with E-state index in [1.54, 1.807) is 6.92 Å². The first-order chi connectivity index (χ1) is 7.48. The molecule has 5 nitrogen and oxygen atoms in total. The van der Waals surface area contributed by atoms with Crippen LogP contribution in [0.15, 0.2) is 4.99 Å². The topological polar surface area (TPSA) is 78.8 Å². The van der Waals surface area contributed by atoms with Gasteiger partial charge in [-0.25, -0.2) is 0 Å². The van der Waals surface area contributed by atoms with Gasteiger partial charge in [0.05, 0.1) is 0 Å². The Morgan fingerprint density at radius 1 is 1.30 bits per heavy atom. The van der Waals surface area contributed by atoms with Crippen molar-refractivity contribution in [2.75, 3.05) is 0 Å². The number of amides is 2. The molecule has 1 rings (SSSR count). The van der Waals surface area contributed by atoms with Crippen molar-refractivity contribution in [1.82, 2.24) is 5.32 Å². The fourth-order valence-corrected chi connectivity index (χ4v) is 2.31. The number of aliphatic hydroxyl groups excluding tert-OH is 1. The molecule has 0 fully saturated rings. The quantitative estimate of drug-likeness (QED) is 0.559. The van der Waals surface area contributed by atoms with Crippen molar-refractivity contribution in [3.05, 3.63) is 0 Å². The minimum atomic E-state index is -1.11. The zero-order chi connectivity index (χ0) is 12.3. The summed E-state index contributed by atoms with van der Waals surface area (Å²) in [6.07, 6.45) is 2.08. The number of nitrogens with zero attached hydrogens (tertiary/aromatic N) is 1. The molecule has 0 aromatic rings. The van der Waals surface area contributed by atoms with Gasteiger partial charge in [0, 0.05) is 0 Å². The van der Waals surface area contributed by atoms with E-state index < -0.39 is 23.3 Å². The van der Waals surface area contributed by atoms with Crippen LogP contribution < -0.4 is 5.32 Å². The van der Waals surface area contributed by atoms with Crippen molar-refractivity contribution < 1.29 is 24.1 Å². The second kappa shape index (κ2) is 11.6. The molecule has 0 saturated carbocycles. The first-order valence-electron chi connectivity index (χ1n) is 5.62. The van der Waals surface area contributed by atoms with E-state index in [1.165, 1.54) is 0 Å². The molecule has 1 aliphatic heterocycles. The summed E-state index contributed by atoms with van der Waals surface area (Å²) < 4.78 is 0. The molecular weight excluding hydrogens is 296 g/mol. The number of hydrogen-bond donors (Lipinski definition) is 2. The molecule has 0 aliphatic carbocycles. The Balaban J connectivity index is -0.000000320. The molecular formula is C11H24AlF2N2NaO3. The van der Waals surface area contributed by atoms with Gasteiger partial charge in [-0.15, -0.1) is 0 Å². The van der Waals surface area contributed by atoms with Crippen molar-refractivity contribution in [3.63, 3.8) is 0 Å². The first-order valence-corrected chi connectivity index (χ1v) is 5.62. The molecule has 2 atom stereocenters. The van der Waals surface area contributed by atoms with Gasteiger partial charge in [-0.2, -0.15) is 4.99 Å². The Kier molecular flexibility index (Phi) is 16.4. The average molecular weight is 320 g/mol. The van der Waals surface area contributed by atoms with E-state index in [1.807, 2.05) is 13.8 Å². The second-order valence-corrected chi connectivity index (χ2v) is 4.21. The third-order valence-electron chi connectivity index (χ3n) is 3.34. The number of rotatable bonds is 4. The molecule has 0 aromatic carbocycles. The Hall–Kier alpha value is 0.00247. The normalized spacial score (nSPS) is 21.9. The van der Waals surface area contributed by atoms with Crippen LogP contribution in [-0.2, 0) is 9.59 Å². The number of nitrogens with one attached hydrogen (secondary N) is 1. The van der Waals surface area contributed by atoms with Crippen molar-refractivity contribution in [3.8, 4) is 0 Å². The Labute approximate surface area is 150 Å². The zero-order valence-electron chi connectivity index (χ0n) is 10.7. The molecule has 0 radical (unpaired) electrons. The summed E-state index contributed by atoms with van der Waals surface area (Å²) in [5, 5.41) is 11.3. The molecule has 0 bridgehead atoms. The Morgan fingerprint density at radius 2 is 1.80 bits per heavy atom. The Morgan fingerprint density at radius 3 is 2.15 bits per heavy atom. The van der Waals surface area contributed by atoms with Crippen LogP contribution in [0.2, 0.25) is 0 Å². The fraction of sp³-hybridized carbons (Fsp3) is 0.727. The van der Waals surface area contributed by atoms with Crippen LogP contribution in [0.25, 0.3) is 0 Å². The summed E-state index contributed by atoms with van der Waals surface area (Å²) in [4.78, 5) is 27.2. The molecule has 2 unspecified atom stereocenters. The van der Waals surface area contributed by atoms with Gasteiger partial charge in [-0.1, -0.05) is 27.2 Å². The standard InChI is InChI=1S/C11H18N2O3.Al.2FH.Na.4H/c1-4-6-7(3)11(5-2)8(14)12-10(16)13-9(11)15;;;;;;;;/h7H,4-6H2,1-3H3,(H2,12,13,14,15,16);;2*1H;;;;;. The molecule has 20 heavy (non-hydrogen) atoms. The average Bonchev–Trinajstić information content (AvgIpc) is 2.18. The van der Waals surface area contributed by atoms with E-state index in [9.17, 15) is 9.59 Å². The predicted octanol–water partition coefficient (Wildman–Crippen LogP) is -0.138. The molecule has 1 aliphatic rings. The molecule has 9 heteroatoms. The second-order valence-electron chi connectivity index (χ2n) is 4.21. The molecule has 2 amide bonds. The SMILES string of the molecule is CCCC(C)C1(CC)C(=O)N=C(O)NC1=O.F.F.[AlH3].[NaH]. The summed E-state index contributed by atoms with van der Waals surface area (Å²) >= 11 is 0. The number of aliphatic imine (C=N–C) groups is 1. The van der Waals surface area contributed by atoms with Crippen molar-refractivity contribution in [1.29, 1.82) is 0 Å². The van der Waals surface area contributed by atoms with Gasteiger partial charge >= 0.3 is 29.6 Å². The third kappa shape index (κ3) is 5.08. The molecule has 0 saturated heterocycles. The number of aliphatic hydroxyl groups is 1. The van der Waals surface area contributed by atoms with Crippen molar-refractivity contribution in [2.24, 2.45) is 16.3 Å². The summed E-state index contributed by atoms with van der Waals surface area (Å²) in [7, 11) is 0. The minimum absolute atomic E-state index is 0. The number of hydrogen-bond acceptors (Lipinski definition) is 2. The monoisotopic (exact) mass is 320 g/mol. The van der Waals surface area contributed by atoms with Crippen molar-refractivity contribution >= 4 is 64.8 Å². The number of halogens is 2. The summed E-state index contributed by atoms with van der Waals surface area (Å²) in [5.41, 5.74) is -1.11. The van der Waals surface area contributed by atoms with Gasteiger partial charge in [0.2, 0.25) is 5.91 Å². The maximum atomic E-state index is 11.9. The van der Waals surface area contributed by atoms with E-state index in [2.05, 4.69) is 10.3 Å². The number of carbonyl (C=O) groups excluding carboxylic acids is 2. The van der Waals surface area contributed by atoms with E-state index in [-0.39, 0.29) is 62.2 Å². The molecule has 114 valence electrons. The van der Waals surface area contributed by atoms with Crippen LogP contribution in [0.3, 0.4) is 0 Å². The van der Waals surface area contributed by atoms with Gasteiger partial charge in [-0.3, -0.25) is 24.3 Å². The van der Waals surface area contributed by atoms with Gasteiger partial charge in [0.1, 0.15) is 5.41 Å². The van der Waals surface area contributed by atoms with E-state index in [0.29, 0.717) is 6.42 Å². The Bertz CT molecular complexity index is 359. The van der Waals surface area contributed by atoms with Crippen molar-refractivity contribution in [2.45, 2.75) is 40.0 Å². The fourth-order valence-electron chi connectivity index (χ4n) is 2.31. The van der Waals surface area contributed by atoms with E-state index in [0.717, 1.165) is 12.8 Å². The predicted molar refractivity (Wildman–Crippen MR) is 82.1 cm³/mol. The van der Waals surface area contributed by atoms with Crippen LogP contribution >= 0.6 is 0 Å². The molecule has 0 aromatic heterocycles. The molecule has 0 spiro atoms. The molecule has 2 N–H and O–H groups in total. The summed E-state index contributed by atoms with van der Waals surface area (Å²) in [6, 6.07) is -0.595. The molecule has 1 heterocycles. The summed E-state index contributed by atoms with van der Waals surface area (Å²) in [6.45, 7) is 5.68. The van der Waals surface area contributed by atoms with Gasteiger partial charge in [-0.05, 0) is 18.8 Å². The van der Waals surface area contributed by atoms with Crippen LogP contribution in [0, 0.1) is 11.3 Å².